The summed E-state index contributed by atoms with van der Waals surface area (Å²) in [6, 6.07) is 19.3. The molecule has 0 bridgehead atoms. The number of aromatic carboxylic acids is 1. The van der Waals surface area contributed by atoms with Crippen molar-refractivity contribution >= 4 is 28.6 Å². The van der Waals surface area contributed by atoms with Crippen molar-refractivity contribution in [3.05, 3.63) is 87.8 Å². The summed E-state index contributed by atoms with van der Waals surface area (Å²) in [5.74, 6) is 5.58. The van der Waals surface area contributed by atoms with Crippen molar-refractivity contribution in [3.8, 4) is 11.8 Å². The van der Waals surface area contributed by atoms with Crippen LogP contribution in [0.5, 0.6) is 0 Å². The van der Waals surface area contributed by atoms with Crippen molar-refractivity contribution in [3.63, 3.8) is 0 Å². The van der Waals surface area contributed by atoms with Crippen LogP contribution in [0, 0.1) is 11.8 Å². The Labute approximate surface area is 167 Å². The molecule has 1 aliphatic heterocycles. The lowest BCUT2D eigenvalue weighted by Crippen LogP contribution is -2.22. The molecule has 0 fully saturated rings. The molecule has 0 spiro atoms. The van der Waals surface area contributed by atoms with E-state index in [2.05, 4.69) is 39.9 Å². The maximum absolute atomic E-state index is 11.0. The smallest absolute Gasteiger partial charge is 0.335 e. The van der Waals surface area contributed by atoms with Gasteiger partial charge < -0.3 is 10.0 Å². The molecule has 0 unspecified atom stereocenters. The topological polar surface area (TPSA) is 52.9 Å². The third-order valence-electron chi connectivity index (χ3n) is 4.43. The maximum Gasteiger partial charge on any atom is 0.335 e. The minimum absolute atomic E-state index is 0.301. The Balaban J connectivity index is 1.40. The van der Waals surface area contributed by atoms with Gasteiger partial charge in [-0.3, -0.25) is 0 Å². The number of carboxylic acid groups (broad SMARTS) is 1. The number of hydrogen-bond acceptors (Lipinski definition) is 4. The predicted octanol–water partition coefficient (Wildman–Crippen LogP) is 4.72. The highest BCUT2D eigenvalue weighted by atomic mass is 32.1. The second kappa shape index (κ2) is 8.12. The van der Waals surface area contributed by atoms with Crippen molar-refractivity contribution in [2.24, 2.45) is 4.99 Å². The molecular weight excluding hydrogens is 368 g/mol. The van der Waals surface area contributed by atoms with Gasteiger partial charge in [-0.15, -0.1) is 11.3 Å². The Morgan fingerprint density at radius 3 is 2.64 bits per heavy atom. The lowest BCUT2D eigenvalue weighted by molar-refractivity contribution is 0.0697. The number of nitrogens with zero attached hydrogens (tertiary/aromatic N) is 2. The average Bonchev–Trinajstić information content (AvgIpc) is 3.11. The van der Waals surface area contributed by atoms with Gasteiger partial charge in [0.2, 0.25) is 0 Å². The van der Waals surface area contributed by atoms with E-state index < -0.39 is 5.97 Å². The van der Waals surface area contributed by atoms with Crippen molar-refractivity contribution in [2.45, 2.75) is 19.5 Å². The standard InChI is InChI=1S/C23H18N2O2S/c26-23(27)19-11-9-18(10-12-19)14-25-15-20-13-21(28-22(20)24-16-25)8-4-7-17-5-2-1-3-6-17/h1-3,5-6,9-13,16H,7,14-15H2,(H,26,27). The van der Waals surface area contributed by atoms with Gasteiger partial charge in [-0.25, -0.2) is 9.79 Å². The largest absolute Gasteiger partial charge is 0.478 e. The minimum atomic E-state index is -0.907. The molecule has 3 aromatic rings. The van der Waals surface area contributed by atoms with Crippen LogP contribution < -0.4 is 0 Å². The summed E-state index contributed by atoms with van der Waals surface area (Å²) >= 11 is 1.62. The summed E-state index contributed by atoms with van der Waals surface area (Å²) < 4.78 is 0. The van der Waals surface area contributed by atoms with Crippen molar-refractivity contribution in [1.29, 1.82) is 0 Å². The zero-order valence-electron chi connectivity index (χ0n) is 15.1. The summed E-state index contributed by atoms with van der Waals surface area (Å²) in [7, 11) is 0. The van der Waals surface area contributed by atoms with E-state index in [0.29, 0.717) is 12.1 Å². The highest BCUT2D eigenvalue weighted by molar-refractivity contribution is 7.16. The highest BCUT2D eigenvalue weighted by Crippen LogP contribution is 2.33. The number of rotatable bonds is 4. The van der Waals surface area contributed by atoms with Gasteiger partial charge in [0.1, 0.15) is 5.00 Å². The van der Waals surface area contributed by atoms with E-state index in [1.165, 1.54) is 11.1 Å². The highest BCUT2D eigenvalue weighted by Gasteiger charge is 2.15. The van der Waals surface area contributed by atoms with Gasteiger partial charge >= 0.3 is 5.97 Å². The number of hydrogen-bond donors (Lipinski definition) is 1. The van der Waals surface area contributed by atoms with Gasteiger partial charge in [-0.1, -0.05) is 54.3 Å². The van der Waals surface area contributed by atoms with Crippen LogP contribution in [0.4, 0.5) is 5.00 Å². The van der Waals surface area contributed by atoms with Crippen molar-refractivity contribution in [2.75, 3.05) is 0 Å². The van der Waals surface area contributed by atoms with E-state index in [9.17, 15) is 4.79 Å². The molecule has 1 aliphatic rings. The quantitative estimate of drug-likeness (QED) is 0.661. The first-order chi connectivity index (χ1) is 13.7. The number of benzene rings is 2. The molecule has 0 amide bonds. The molecule has 0 saturated carbocycles. The van der Waals surface area contributed by atoms with E-state index in [1.807, 2.05) is 36.7 Å². The van der Waals surface area contributed by atoms with E-state index in [-0.39, 0.29) is 0 Å². The molecule has 2 aromatic carbocycles. The lowest BCUT2D eigenvalue weighted by Gasteiger charge is -2.22. The molecule has 1 aromatic heterocycles. The fourth-order valence-electron chi connectivity index (χ4n) is 3.01. The Morgan fingerprint density at radius 1 is 1.11 bits per heavy atom. The van der Waals surface area contributed by atoms with Gasteiger partial charge in [0.15, 0.2) is 0 Å². The number of fused-ring (bicyclic) bond motifs is 1. The number of carbonyl (C=O) groups is 1. The monoisotopic (exact) mass is 386 g/mol. The van der Waals surface area contributed by atoms with Crippen molar-refractivity contribution < 1.29 is 9.90 Å². The molecule has 0 radical (unpaired) electrons. The third-order valence-corrected chi connectivity index (χ3v) is 5.43. The van der Waals surface area contributed by atoms with Gasteiger partial charge in [0.25, 0.3) is 0 Å². The van der Waals surface area contributed by atoms with E-state index >= 15 is 0 Å². The van der Waals surface area contributed by atoms with Crippen LogP contribution >= 0.6 is 11.3 Å². The second-order valence-corrected chi connectivity index (χ2v) is 7.59. The van der Waals surface area contributed by atoms with Crippen LogP contribution in [0.15, 0.2) is 65.7 Å². The zero-order valence-corrected chi connectivity index (χ0v) is 15.9. The molecule has 2 heterocycles. The van der Waals surface area contributed by atoms with E-state index in [0.717, 1.165) is 28.4 Å². The van der Waals surface area contributed by atoms with Crippen molar-refractivity contribution in [1.82, 2.24) is 4.90 Å². The van der Waals surface area contributed by atoms with Gasteiger partial charge in [0.05, 0.1) is 16.8 Å². The van der Waals surface area contributed by atoms with E-state index in [4.69, 9.17) is 5.11 Å². The number of carboxylic acids is 1. The van der Waals surface area contributed by atoms with Gasteiger partial charge in [-0.2, -0.15) is 0 Å². The Hall–Kier alpha value is -3.36. The molecule has 0 aliphatic carbocycles. The lowest BCUT2D eigenvalue weighted by atomic mass is 10.1. The summed E-state index contributed by atoms with van der Waals surface area (Å²) in [6.07, 6.45) is 2.59. The summed E-state index contributed by atoms with van der Waals surface area (Å²) in [5, 5.41) is 10.0. The second-order valence-electron chi connectivity index (χ2n) is 6.56. The fourth-order valence-corrected chi connectivity index (χ4v) is 3.90. The number of aliphatic imine (C=N–C) groups is 1. The van der Waals surface area contributed by atoms with Crippen LogP contribution in [0.25, 0.3) is 0 Å². The average molecular weight is 386 g/mol. The third kappa shape index (κ3) is 4.30. The first-order valence-electron chi connectivity index (χ1n) is 8.93. The Morgan fingerprint density at radius 2 is 1.89 bits per heavy atom. The van der Waals surface area contributed by atoms with Gasteiger partial charge in [-0.05, 0) is 29.3 Å². The molecule has 0 saturated heterocycles. The van der Waals surface area contributed by atoms with Crippen LogP contribution in [0.2, 0.25) is 0 Å². The normalized spacial score (nSPS) is 12.2. The summed E-state index contributed by atoms with van der Waals surface area (Å²) in [5.41, 5.74) is 3.75. The van der Waals surface area contributed by atoms with Crippen LogP contribution in [0.1, 0.15) is 31.9 Å². The predicted molar refractivity (Wildman–Crippen MR) is 112 cm³/mol. The van der Waals surface area contributed by atoms with Crippen LogP contribution in [-0.2, 0) is 19.5 Å². The van der Waals surface area contributed by atoms with E-state index in [1.54, 1.807) is 23.5 Å². The molecule has 1 N–H and O–H groups in total. The Kier molecular flexibility index (Phi) is 5.22. The molecular formula is C23H18N2O2S. The first kappa shape index (κ1) is 18.0. The molecule has 4 rings (SSSR count). The molecule has 0 atom stereocenters. The molecule has 5 heteroatoms. The minimum Gasteiger partial charge on any atom is -0.478 e. The molecule has 4 nitrogen and oxygen atoms in total. The maximum atomic E-state index is 11.0. The summed E-state index contributed by atoms with van der Waals surface area (Å²) in [6.45, 7) is 1.46. The molecule has 28 heavy (non-hydrogen) atoms. The number of thiophene rings is 1. The first-order valence-corrected chi connectivity index (χ1v) is 9.75. The van der Waals surface area contributed by atoms with Crippen LogP contribution in [-0.4, -0.2) is 22.3 Å². The molecule has 138 valence electrons. The summed E-state index contributed by atoms with van der Waals surface area (Å²) in [4.78, 5) is 18.7. The zero-order chi connectivity index (χ0) is 19.3. The Bertz CT molecular complexity index is 1070. The fraction of sp³-hybridized carbons (Fsp3) is 0.130. The van der Waals surface area contributed by atoms with Crippen LogP contribution in [0.3, 0.4) is 0 Å². The SMILES string of the molecule is O=C(O)c1ccc(CN2C=Nc3sc(C#CCc4ccccc4)cc3C2)cc1. The van der Waals surface area contributed by atoms with Gasteiger partial charge in [0, 0.05) is 25.1 Å².